The van der Waals surface area contributed by atoms with E-state index >= 15 is 0 Å². The molecule has 0 saturated heterocycles. The first-order valence-electron chi connectivity index (χ1n) is 9.13. The van der Waals surface area contributed by atoms with Crippen LogP contribution in [0.3, 0.4) is 0 Å². The van der Waals surface area contributed by atoms with E-state index in [1.807, 2.05) is 0 Å². The van der Waals surface area contributed by atoms with Gasteiger partial charge in [-0.05, 0) is 30.3 Å². The van der Waals surface area contributed by atoms with Crippen LogP contribution in [-0.2, 0) is 0 Å². The fourth-order valence-electron chi connectivity index (χ4n) is 2.93. The number of nitrogens with zero attached hydrogens (tertiary/aromatic N) is 2. The molecule has 0 unspecified atom stereocenters. The lowest BCUT2D eigenvalue weighted by Gasteiger charge is -2.13. The number of aromatic amines is 1. The Kier molecular flexibility index (Phi) is 5.76. The Labute approximate surface area is 182 Å². The maximum absolute atomic E-state index is 12.1. The topological polar surface area (TPSA) is 110 Å². The number of ether oxygens (including phenoxy) is 3. The number of hydrogen-bond donors (Lipinski definition) is 3. The van der Waals surface area contributed by atoms with Crippen LogP contribution >= 0.6 is 11.6 Å². The van der Waals surface area contributed by atoms with Gasteiger partial charge in [0.2, 0.25) is 0 Å². The molecule has 2 aromatic carbocycles. The van der Waals surface area contributed by atoms with Crippen LogP contribution < -0.4 is 24.8 Å². The Morgan fingerprint density at radius 1 is 0.935 bits per heavy atom. The number of nitrogens with one attached hydrogen (secondary N) is 3. The van der Waals surface area contributed by atoms with E-state index in [2.05, 4.69) is 25.8 Å². The lowest BCUT2D eigenvalue weighted by atomic mass is 10.2. The van der Waals surface area contributed by atoms with Crippen LogP contribution in [0.4, 0.5) is 16.3 Å². The largest absolute Gasteiger partial charge is 0.493 e. The van der Waals surface area contributed by atoms with Crippen LogP contribution in [0, 0.1) is 0 Å². The number of benzene rings is 2. The molecule has 0 saturated carbocycles. The summed E-state index contributed by atoms with van der Waals surface area (Å²) in [7, 11) is 3.13. The van der Waals surface area contributed by atoms with Gasteiger partial charge in [-0.2, -0.15) is 5.10 Å². The molecule has 0 aliphatic heterocycles. The molecule has 2 aromatic heterocycles. The van der Waals surface area contributed by atoms with Crippen LogP contribution in [0.5, 0.6) is 23.0 Å². The number of halogens is 1. The SMILES string of the molecule is COc1cc2nccc(Oc3ccc(NC(=O)Nc4ccn[nH]4)cc3Cl)c2cc1OC. The first kappa shape index (κ1) is 20.3. The van der Waals surface area contributed by atoms with Crippen LogP contribution in [0.1, 0.15) is 0 Å². The lowest BCUT2D eigenvalue weighted by Crippen LogP contribution is -2.19. The Morgan fingerprint density at radius 3 is 2.45 bits per heavy atom. The molecule has 4 aromatic rings. The van der Waals surface area contributed by atoms with Gasteiger partial charge in [-0.15, -0.1) is 0 Å². The number of carbonyl (C=O) groups is 1. The van der Waals surface area contributed by atoms with Gasteiger partial charge in [0.15, 0.2) is 11.5 Å². The summed E-state index contributed by atoms with van der Waals surface area (Å²) in [4.78, 5) is 16.4. The third-order valence-corrected chi connectivity index (χ3v) is 4.66. The molecule has 9 nitrogen and oxygen atoms in total. The van der Waals surface area contributed by atoms with Gasteiger partial charge in [-0.3, -0.25) is 15.4 Å². The molecule has 10 heteroatoms. The van der Waals surface area contributed by atoms with E-state index in [9.17, 15) is 4.79 Å². The van der Waals surface area contributed by atoms with Crippen molar-refractivity contribution in [3.05, 3.63) is 59.9 Å². The number of rotatable bonds is 6. The van der Waals surface area contributed by atoms with Crippen molar-refractivity contribution in [3.63, 3.8) is 0 Å². The lowest BCUT2D eigenvalue weighted by molar-refractivity contribution is 0.262. The molecule has 2 amide bonds. The molecule has 3 N–H and O–H groups in total. The number of amides is 2. The van der Waals surface area contributed by atoms with E-state index in [4.69, 9.17) is 25.8 Å². The molecule has 2 heterocycles. The van der Waals surface area contributed by atoms with Crippen molar-refractivity contribution < 1.29 is 19.0 Å². The first-order valence-corrected chi connectivity index (χ1v) is 9.50. The summed E-state index contributed by atoms with van der Waals surface area (Å²) >= 11 is 6.39. The van der Waals surface area contributed by atoms with Crippen molar-refractivity contribution >= 4 is 40.0 Å². The molecule has 0 radical (unpaired) electrons. The zero-order chi connectivity index (χ0) is 21.8. The number of carbonyl (C=O) groups excluding carboxylic acids is 1. The number of pyridine rings is 1. The molecule has 0 fully saturated rings. The number of fused-ring (bicyclic) bond motifs is 1. The van der Waals surface area contributed by atoms with Gasteiger partial charge in [0.05, 0.1) is 31.0 Å². The second kappa shape index (κ2) is 8.80. The summed E-state index contributed by atoms with van der Waals surface area (Å²) in [6.07, 6.45) is 3.17. The van der Waals surface area contributed by atoms with Gasteiger partial charge in [-0.1, -0.05) is 11.6 Å². The molecule has 0 aliphatic carbocycles. The molecule has 0 spiro atoms. The van der Waals surface area contributed by atoms with E-state index in [1.54, 1.807) is 62.9 Å². The summed E-state index contributed by atoms with van der Waals surface area (Å²) in [5, 5.41) is 12.8. The first-order chi connectivity index (χ1) is 15.1. The standard InChI is InChI=1S/C21H18ClN5O4/c1-29-18-10-13-15(11-19(18)30-2)23-7-5-16(13)31-17-4-3-12(9-14(17)22)25-21(28)26-20-6-8-24-27-20/h3-11H,1-2H3,(H3,24,25,26,27,28). The number of H-pyrrole nitrogens is 1. The van der Waals surface area contributed by atoms with Gasteiger partial charge >= 0.3 is 6.03 Å². The van der Waals surface area contributed by atoms with Gasteiger partial charge in [0.1, 0.15) is 17.3 Å². The second-order valence-corrected chi connectivity index (χ2v) is 6.74. The monoisotopic (exact) mass is 439 g/mol. The van der Waals surface area contributed by atoms with Gasteiger partial charge in [0, 0.05) is 29.4 Å². The van der Waals surface area contributed by atoms with Gasteiger partial charge in [-0.25, -0.2) is 4.79 Å². The van der Waals surface area contributed by atoms with Crippen LogP contribution in [0.15, 0.2) is 54.9 Å². The Morgan fingerprint density at radius 2 is 1.74 bits per heavy atom. The Balaban J connectivity index is 1.55. The Bertz CT molecular complexity index is 1230. The van der Waals surface area contributed by atoms with E-state index in [0.29, 0.717) is 45.0 Å². The van der Waals surface area contributed by atoms with Crippen molar-refractivity contribution in [2.75, 3.05) is 24.9 Å². The molecule has 0 bridgehead atoms. The summed E-state index contributed by atoms with van der Waals surface area (Å²) in [5.41, 5.74) is 1.18. The number of urea groups is 1. The minimum Gasteiger partial charge on any atom is -0.493 e. The molecular weight excluding hydrogens is 422 g/mol. The summed E-state index contributed by atoms with van der Waals surface area (Å²) in [5.74, 6) is 2.57. The van der Waals surface area contributed by atoms with Crippen molar-refractivity contribution in [2.24, 2.45) is 0 Å². The van der Waals surface area contributed by atoms with E-state index < -0.39 is 6.03 Å². The van der Waals surface area contributed by atoms with Crippen LogP contribution in [0.25, 0.3) is 10.9 Å². The summed E-state index contributed by atoms with van der Waals surface area (Å²) in [6.45, 7) is 0. The molecule has 31 heavy (non-hydrogen) atoms. The summed E-state index contributed by atoms with van der Waals surface area (Å²) in [6, 6.07) is 11.4. The fourth-order valence-corrected chi connectivity index (χ4v) is 3.15. The third kappa shape index (κ3) is 4.46. The number of anilines is 2. The predicted octanol–water partition coefficient (Wildman–Crippen LogP) is 5.06. The van der Waals surface area contributed by atoms with E-state index in [-0.39, 0.29) is 0 Å². The average Bonchev–Trinajstić information content (AvgIpc) is 3.27. The minimum absolute atomic E-state index is 0.324. The Hall–Kier alpha value is -3.98. The maximum Gasteiger partial charge on any atom is 0.324 e. The average molecular weight is 440 g/mol. The smallest absolute Gasteiger partial charge is 0.324 e. The summed E-state index contributed by atoms with van der Waals surface area (Å²) < 4.78 is 16.7. The normalized spacial score (nSPS) is 10.5. The van der Waals surface area contributed by atoms with Crippen molar-refractivity contribution in [1.29, 1.82) is 0 Å². The van der Waals surface area contributed by atoms with Crippen molar-refractivity contribution in [3.8, 4) is 23.0 Å². The van der Waals surface area contributed by atoms with Gasteiger partial charge < -0.3 is 19.5 Å². The van der Waals surface area contributed by atoms with Crippen molar-refractivity contribution in [2.45, 2.75) is 0 Å². The third-order valence-electron chi connectivity index (χ3n) is 4.37. The van der Waals surface area contributed by atoms with Crippen LogP contribution in [-0.4, -0.2) is 35.4 Å². The van der Waals surface area contributed by atoms with Gasteiger partial charge in [0.25, 0.3) is 0 Å². The zero-order valence-corrected chi connectivity index (χ0v) is 17.4. The number of hydrogen-bond acceptors (Lipinski definition) is 6. The molecule has 0 aliphatic rings. The van der Waals surface area contributed by atoms with E-state index in [1.165, 1.54) is 6.20 Å². The number of methoxy groups -OCH3 is 2. The highest BCUT2D eigenvalue weighted by Gasteiger charge is 2.13. The van der Waals surface area contributed by atoms with Crippen molar-refractivity contribution in [1.82, 2.24) is 15.2 Å². The molecule has 4 rings (SSSR count). The fraction of sp³-hybridized carbons (Fsp3) is 0.0952. The highest BCUT2D eigenvalue weighted by atomic mass is 35.5. The highest BCUT2D eigenvalue weighted by Crippen LogP contribution is 2.38. The molecule has 0 atom stereocenters. The highest BCUT2D eigenvalue weighted by molar-refractivity contribution is 6.32. The van der Waals surface area contributed by atoms with E-state index in [0.717, 1.165) is 5.39 Å². The predicted molar refractivity (Wildman–Crippen MR) is 118 cm³/mol. The minimum atomic E-state index is -0.435. The molecule has 158 valence electrons. The molecular formula is C21H18ClN5O4. The zero-order valence-electron chi connectivity index (χ0n) is 16.6. The quantitative estimate of drug-likeness (QED) is 0.387. The maximum atomic E-state index is 12.1. The second-order valence-electron chi connectivity index (χ2n) is 6.33. The van der Waals surface area contributed by atoms with Crippen LogP contribution in [0.2, 0.25) is 5.02 Å². The number of aromatic nitrogens is 3.